The molecule has 2 aliphatic heterocycles. The summed E-state index contributed by atoms with van der Waals surface area (Å²) in [7, 11) is 0. The van der Waals surface area contributed by atoms with Crippen molar-refractivity contribution in [2.24, 2.45) is 0 Å². The number of unbranched alkanes of at least 4 members (excludes halogenated alkanes) is 3. The first-order chi connectivity index (χ1) is 5.95. The molecule has 0 saturated carbocycles. The van der Waals surface area contributed by atoms with E-state index >= 15 is 0 Å². The fourth-order valence-corrected chi connectivity index (χ4v) is 1.57. The Morgan fingerprint density at radius 2 is 1.17 bits per heavy atom. The van der Waals surface area contributed by atoms with Crippen LogP contribution in [-0.2, 0) is 9.47 Å². The van der Waals surface area contributed by atoms with E-state index in [2.05, 4.69) is 0 Å². The van der Waals surface area contributed by atoms with Gasteiger partial charge in [0.15, 0.2) is 0 Å². The molecule has 2 nitrogen and oxygen atoms in total. The quantitative estimate of drug-likeness (QED) is 0.432. The molecule has 0 amide bonds. The second kappa shape index (κ2) is 4.24. The molecular formula is C10H18O2. The Kier molecular flexibility index (Phi) is 3.01. The van der Waals surface area contributed by atoms with Crippen LogP contribution in [0, 0.1) is 0 Å². The molecule has 2 heteroatoms. The first kappa shape index (κ1) is 8.52. The molecular weight excluding hydrogens is 152 g/mol. The standard InChI is InChI=1S/C10H18O2/c1(3-5-9-7-11-9)2-4-6-10-8-12-10/h9-10H,1-8H2/t9-,10+. The van der Waals surface area contributed by atoms with Crippen LogP contribution in [0.5, 0.6) is 0 Å². The molecule has 0 aromatic rings. The van der Waals surface area contributed by atoms with E-state index in [4.69, 9.17) is 9.47 Å². The van der Waals surface area contributed by atoms with E-state index in [9.17, 15) is 0 Å². The van der Waals surface area contributed by atoms with Gasteiger partial charge in [-0.2, -0.15) is 0 Å². The third-order valence-electron chi connectivity index (χ3n) is 2.61. The number of rotatable bonds is 7. The summed E-state index contributed by atoms with van der Waals surface area (Å²) < 4.78 is 10.3. The number of epoxide rings is 2. The van der Waals surface area contributed by atoms with E-state index in [0.29, 0.717) is 12.2 Å². The molecule has 0 unspecified atom stereocenters. The van der Waals surface area contributed by atoms with Gasteiger partial charge >= 0.3 is 0 Å². The third kappa shape index (κ3) is 3.55. The van der Waals surface area contributed by atoms with Gasteiger partial charge in [0.05, 0.1) is 25.4 Å². The van der Waals surface area contributed by atoms with Crippen molar-refractivity contribution >= 4 is 0 Å². The first-order valence-electron chi connectivity index (χ1n) is 5.18. The van der Waals surface area contributed by atoms with E-state index < -0.39 is 0 Å². The zero-order valence-corrected chi connectivity index (χ0v) is 7.63. The van der Waals surface area contributed by atoms with Crippen molar-refractivity contribution < 1.29 is 9.47 Å². The van der Waals surface area contributed by atoms with E-state index in [-0.39, 0.29) is 0 Å². The molecule has 0 aromatic heterocycles. The van der Waals surface area contributed by atoms with E-state index in [1.165, 1.54) is 38.5 Å². The molecule has 70 valence electrons. The van der Waals surface area contributed by atoms with Crippen LogP contribution in [0.1, 0.15) is 38.5 Å². The lowest BCUT2D eigenvalue weighted by Gasteiger charge is -1.97. The van der Waals surface area contributed by atoms with Crippen LogP contribution < -0.4 is 0 Å². The van der Waals surface area contributed by atoms with Crippen molar-refractivity contribution in [3.63, 3.8) is 0 Å². The van der Waals surface area contributed by atoms with Crippen molar-refractivity contribution in [2.45, 2.75) is 50.7 Å². The predicted octanol–water partition coefficient (Wildman–Crippen LogP) is 2.12. The summed E-state index contributed by atoms with van der Waals surface area (Å²) in [6.45, 7) is 2.05. The Morgan fingerprint density at radius 1 is 0.750 bits per heavy atom. The molecule has 0 bridgehead atoms. The Labute approximate surface area is 74.2 Å². The summed E-state index contributed by atoms with van der Waals surface area (Å²) in [5.74, 6) is 0. The normalized spacial score (nSPS) is 32.0. The fraction of sp³-hybridized carbons (Fsp3) is 1.00. The van der Waals surface area contributed by atoms with Gasteiger partial charge in [-0.1, -0.05) is 25.7 Å². The van der Waals surface area contributed by atoms with Gasteiger partial charge in [0.1, 0.15) is 0 Å². The lowest BCUT2D eigenvalue weighted by Crippen LogP contribution is -1.88. The summed E-state index contributed by atoms with van der Waals surface area (Å²) in [6, 6.07) is 0. The third-order valence-corrected chi connectivity index (χ3v) is 2.61. The molecule has 12 heavy (non-hydrogen) atoms. The van der Waals surface area contributed by atoms with Crippen molar-refractivity contribution in [3.05, 3.63) is 0 Å². The lowest BCUT2D eigenvalue weighted by atomic mass is 10.1. The van der Waals surface area contributed by atoms with Crippen molar-refractivity contribution in [1.29, 1.82) is 0 Å². The highest BCUT2D eigenvalue weighted by Crippen LogP contribution is 2.20. The minimum Gasteiger partial charge on any atom is -0.373 e. The zero-order valence-electron chi connectivity index (χ0n) is 7.63. The van der Waals surface area contributed by atoms with Crippen LogP contribution in [0.4, 0.5) is 0 Å². The van der Waals surface area contributed by atoms with E-state index in [1.54, 1.807) is 0 Å². The average molecular weight is 170 g/mol. The van der Waals surface area contributed by atoms with Crippen LogP contribution in [0.15, 0.2) is 0 Å². The van der Waals surface area contributed by atoms with Gasteiger partial charge in [-0.25, -0.2) is 0 Å². The number of hydrogen-bond donors (Lipinski definition) is 0. The SMILES string of the molecule is C(CCC[C@H]1CO1)CC[C@@H]1CO1. The maximum Gasteiger partial charge on any atom is 0.0810 e. The Morgan fingerprint density at radius 3 is 1.50 bits per heavy atom. The molecule has 0 aromatic carbocycles. The van der Waals surface area contributed by atoms with Gasteiger partial charge in [0.25, 0.3) is 0 Å². The Hall–Kier alpha value is -0.0800. The van der Waals surface area contributed by atoms with Crippen molar-refractivity contribution in [3.8, 4) is 0 Å². The minimum absolute atomic E-state index is 0.636. The van der Waals surface area contributed by atoms with Gasteiger partial charge in [-0.05, 0) is 12.8 Å². The maximum absolute atomic E-state index is 5.14. The lowest BCUT2D eigenvalue weighted by molar-refractivity contribution is 0.378. The largest absolute Gasteiger partial charge is 0.373 e. The van der Waals surface area contributed by atoms with E-state index in [1.807, 2.05) is 0 Å². The highest BCUT2D eigenvalue weighted by atomic mass is 16.6. The van der Waals surface area contributed by atoms with E-state index in [0.717, 1.165) is 13.2 Å². The van der Waals surface area contributed by atoms with Crippen molar-refractivity contribution in [2.75, 3.05) is 13.2 Å². The summed E-state index contributed by atoms with van der Waals surface area (Å²) in [4.78, 5) is 0. The summed E-state index contributed by atoms with van der Waals surface area (Å²) >= 11 is 0. The van der Waals surface area contributed by atoms with Crippen molar-refractivity contribution in [1.82, 2.24) is 0 Å². The smallest absolute Gasteiger partial charge is 0.0810 e. The first-order valence-corrected chi connectivity index (χ1v) is 5.18. The van der Waals surface area contributed by atoms with Crippen LogP contribution in [-0.4, -0.2) is 25.4 Å². The Bertz CT molecular complexity index is 112. The molecule has 2 heterocycles. The summed E-state index contributed by atoms with van der Waals surface area (Å²) in [5, 5.41) is 0. The molecule has 0 spiro atoms. The topological polar surface area (TPSA) is 25.1 Å². The molecule has 2 saturated heterocycles. The van der Waals surface area contributed by atoms with Gasteiger partial charge in [-0.3, -0.25) is 0 Å². The molecule has 0 aliphatic carbocycles. The second-order valence-electron chi connectivity index (χ2n) is 3.90. The van der Waals surface area contributed by atoms with Crippen LogP contribution in [0.2, 0.25) is 0 Å². The second-order valence-corrected chi connectivity index (χ2v) is 3.90. The highest BCUT2D eigenvalue weighted by molar-refractivity contribution is 4.70. The summed E-state index contributed by atoms with van der Waals surface area (Å²) in [5.41, 5.74) is 0. The van der Waals surface area contributed by atoms with Gasteiger partial charge in [0, 0.05) is 0 Å². The molecule has 0 N–H and O–H groups in total. The average Bonchev–Trinajstić information content (AvgIpc) is 2.89. The van der Waals surface area contributed by atoms with Gasteiger partial charge in [0.2, 0.25) is 0 Å². The zero-order chi connectivity index (χ0) is 8.23. The fourth-order valence-electron chi connectivity index (χ4n) is 1.57. The minimum atomic E-state index is 0.636. The summed E-state index contributed by atoms with van der Waals surface area (Å²) in [6.07, 6.45) is 9.33. The van der Waals surface area contributed by atoms with Gasteiger partial charge < -0.3 is 9.47 Å². The van der Waals surface area contributed by atoms with Crippen LogP contribution >= 0.6 is 0 Å². The molecule has 2 aliphatic rings. The molecule has 2 atom stereocenters. The number of ether oxygens (including phenoxy) is 2. The highest BCUT2D eigenvalue weighted by Gasteiger charge is 2.22. The predicted molar refractivity (Wildman–Crippen MR) is 47.2 cm³/mol. The number of hydrogen-bond acceptors (Lipinski definition) is 2. The van der Waals surface area contributed by atoms with Crippen LogP contribution in [0.25, 0.3) is 0 Å². The monoisotopic (exact) mass is 170 g/mol. The molecule has 0 radical (unpaired) electrons. The molecule has 2 rings (SSSR count). The maximum atomic E-state index is 5.14. The van der Waals surface area contributed by atoms with Crippen LogP contribution in [0.3, 0.4) is 0 Å². The Balaban J connectivity index is 1.31. The van der Waals surface area contributed by atoms with Gasteiger partial charge in [-0.15, -0.1) is 0 Å². The molecule has 2 fully saturated rings.